The van der Waals surface area contributed by atoms with Crippen LogP contribution < -0.4 is 0 Å². The fourth-order valence-corrected chi connectivity index (χ4v) is 2.08. The number of rotatable bonds is 6. The van der Waals surface area contributed by atoms with Gasteiger partial charge in [0, 0.05) is 12.1 Å². The summed E-state index contributed by atoms with van der Waals surface area (Å²) in [6.45, 7) is 9.81. The van der Waals surface area contributed by atoms with Gasteiger partial charge in [0.1, 0.15) is 5.60 Å². The first-order valence-electron chi connectivity index (χ1n) is 7.85. The monoisotopic (exact) mass is 305 g/mol. The van der Waals surface area contributed by atoms with E-state index < -0.39 is 17.7 Å². The van der Waals surface area contributed by atoms with E-state index in [9.17, 15) is 9.59 Å². The van der Waals surface area contributed by atoms with Gasteiger partial charge in [0.2, 0.25) is 0 Å². The zero-order valence-corrected chi connectivity index (χ0v) is 14.3. The van der Waals surface area contributed by atoms with Crippen molar-refractivity contribution in [2.45, 2.75) is 59.1 Å². The number of ketones is 1. The summed E-state index contributed by atoms with van der Waals surface area (Å²) in [5.74, 6) is -0.0671. The van der Waals surface area contributed by atoms with Crippen LogP contribution in [0.15, 0.2) is 30.3 Å². The molecule has 0 aromatic heterocycles. The molecular weight excluding hydrogens is 278 g/mol. The second kappa shape index (κ2) is 7.97. The third-order valence-electron chi connectivity index (χ3n) is 3.29. The number of nitrogens with zero attached hydrogens (tertiary/aromatic N) is 1. The van der Waals surface area contributed by atoms with Crippen molar-refractivity contribution in [2.75, 3.05) is 6.54 Å². The minimum atomic E-state index is -0.572. The summed E-state index contributed by atoms with van der Waals surface area (Å²) in [5, 5.41) is 0. The minimum absolute atomic E-state index is 0.0671. The normalized spacial score (nSPS) is 12.6. The Balaban J connectivity index is 2.90. The van der Waals surface area contributed by atoms with Crippen molar-refractivity contribution in [3.05, 3.63) is 35.9 Å². The third kappa shape index (κ3) is 5.51. The highest BCUT2D eigenvalue weighted by atomic mass is 16.6. The van der Waals surface area contributed by atoms with Crippen LogP contribution in [0.1, 0.15) is 57.8 Å². The van der Waals surface area contributed by atoms with Gasteiger partial charge in [-0.2, -0.15) is 0 Å². The van der Waals surface area contributed by atoms with E-state index >= 15 is 0 Å². The standard InChI is InChI=1S/C18H27NO3/c1-6-7-13-19(17(21)22-18(3,4)5)14(2)16(20)15-11-9-8-10-12-15/h8-12,14H,6-7,13H2,1-5H3. The van der Waals surface area contributed by atoms with Crippen molar-refractivity contribution in [1.29, 1.82) is 0 Å². The van der Waals surface area contributed by atoms with Gasteiger partial charge >= 0.3 is 6.09 Å². The Morgan fingerprint density at radius 3 is 2.27 bits per heavy atom. The quantitative estimate of drug-likeness (QED) is 0.736. The molecule has 122 valence electrons. The molecule has 1 aromatic rings. The molecule has 0 N–H and O–H groups in total. The molecule has 0 aliphatic rings. The highest BCUT2D eigenvalue weighted by Crippen LogP contribution is 2.15. The van der Waals surface area contributed by atoms with Crippen molar-refractivity contribution >= 4 is 11.9 Å². The Morgan fingerprint density at radius 2 is 1.77 bits per heavy atom. The molecule has 0 spiro atoms. The van der Waals surface area contributed by atoms with Crippen LogP contribution in [0.4, 0.5) is 4.79 Å². The average Bonchev–Trinajstić information content (AvgIpc) is 2.45. The molecule has 0 saturated heterocycles. The van der Waals surface area contributed by atoms with E-state index in [0.717, 1.165) is 12.8 Å². The summed E-state index contributed by atoms with van der Waals surface area (Å²) in [6.07, 6.45) is 1.36. The first kappa shape index (κ1) is 18.2. The maximum atomic E-state index is 12.6. The molecular formula is C18H27NO3. The van der Waals surface area contributed by atoms with E-state index in [4.69, 9.17) is 4.74 Å². The van der Waals surface area contributed by atoms with E-state index in [1.54, 1.807) is 19.1 Å². The lowest BCUT2D eigenvalue weighted by molar-refractivity contribution is 0.0172. The maximum absolute atomic E-state index is 12.6. The number of Topliss-reactive ketones (excluding diaryl/α,β-unsaturated/α-hetero) is 1. The molecule has 1 amide bonds. The predicted octanol–water partition coefficient (Wildman–Crippen LogP) is 4.30. The Bertz CT molecular complexity index is 491. The lowest BCUT2D eigenvalue weighted by Crippen LogP contribution is -2.46. The summed E-state index contributed by atoms with van der Waals surface area (Å²) in [4.78, 5) is 26.5. The van der Waals surface area contributed by atoms with Gasteiger partial charge in [0.05, 0.1) is 6.04 Å². The number of hydrogen-bond acceptors (Lipinski definition) is 3. The Morgan fingerprint density at radius 1 is 1.18 bits per heavy atom. The number of benzene rings is 1. The Hall–Kier alpha value is -1.84. The molecule has 1 atom stereocenters. The second-order valence-corrected chi connectivity index (χ2v) is 6.43. The molecule has 0 aliphatic carbocycles. The summed E-state index contributed by atoms with van der Waals surface area (Å²) in [6, 6.07) is 8.51. The molecule has 1 aromatic carbocycles. The average molecular weight is 305 g/mol. The van der Waals surface area contributed by atoms with E-state index in [2.05, 4.69) is 6.92 Å². The summed E-state index contributed by atoms with van der Waals surface area (Å²) in [7, 11) is 0. The van der Waals surface area contributed by atoms with Gasteiger partial charge in [-0.25, -0.2) is 4.79 Å². The first-order valence-corrected chi connectivity index (χ1v) is 7.85. The van der Waals surface area contributed by atoms with E-state index in [1.807, 2.05) is 39.0 Å². The van der Waals surface area contributed by atoms with Crippen LogP contribution in [0.2, 0.25) is 0 Å². The molecule has 0 bridgehead atoms. The second-order valence-electron chi connectivity index (χ2n) is 6.43. The maximum Gasteiger partial charge on any atom is 0.410 e. The van der Waals surface area contributed by atoms with Crippen LogP contribution >= 0.6 is 0 Å². The van der Waals surface area contributed by atoms with Gasteiger partial charge in [-0.05, 0) is 34.1 Å². The first-order chi connectivity index (χ1) is 10.3. The number of amides is 1. The fraction of sp³-hybridized carbons (Fsp3) is 0.556. The van der Waals surface area contributed by atoms with Crippen LogP contribution in [0, 0.1) is 0 Å². The van der Waals surface area contributed by atoms with Crippen molar-refractivity contribution in [1.82, 2.24) is 4.90 Å². The van der Waals surface area contributed by atoms with Crippen molar-refractivity contribution < 1.29 is 14.3 Å². The Kier molecular flexibility index (Phi) is 6.60. The molecule has 4 heteroatoms. The molecule has 0 radical (unpaired) electrons. The molecule has 1 rings (SSSR count). The number of carbonyl (C=O) groups excluding carboxylic acids is 2. The topological polar surface area (TPSA) is 46.6 Å². The fourth-order valence-electron chi connectivity index (χ4n) is 2.08. The molecule has 0 fully saturated rings. The Labute approximate surface area is 133 Å². The SMILES string of the molecule is CCCCN(C(=O)OC(C)(C)C)C(C)C(=O)c1ccccc1. The minimum Gasteiger partial charge on any atom is -0.444 e. The van der Waals surface area contributed by atoms with Gasteiger partial charge in [-0.15, -0.1) is 0 Å². The van der Waals surface area contributed by atoms with Crippen LogP contribution in [-0.4, -0.2) is 35.0 Å². The smallest absolute Gasteiger partial charge is 0.410 e. The van der Waals surface area contributed by atoms with Gasteiger partial charge in [-0.3, -0.25) is 9.69 Å². The molecule has 1 unspecified atom stereocenters. The summed E-state index contributed by atoms with van der Waals surface area (Å²) < 4.78 is 5.44. The van der Waals surface area contributed by atoms with Crippen molar-refractivity contribution in [3.8, 4) is 0 Å². The van der Waals surface area contributed by atoms with Crippen molar-refractivity contribution in [3.63, 3.8) is 0 Å². The van der Waals surface area contributed by atoms with Gasteiger partial charge in [0.25, 0.3) is 0 Å². The van der Waals surface area contributed by atoms with Crippen molar-refractivity contribution in [2.24, 2.45) is 0 Å². The van der Waals surface area contributed by atoms with E-state index in [0.29, 0.717) is 12.1 Å². The predicted molar refractivity (Wildman–Crippen MR) is 88.1 cm³/mol. The zero-order valence-electron chi connectivity index (χ0n) is 14.3. The largest absolute Gasteiger partial charge is 0.444 e. The van der Waals surface area contributed by atoms with Crippen LogP contribution in [0.25, 0.3) is 0 Å². The van der Waals surface area contributed by atoms with Gasteiger partial charge in [0.15, 0.2) is 5.78 Å². The lowest BCUT2D eigenvalue weighted by Gasteiger charge is -2.31. The molecule has 0 heterocycles. The van der Waals surface area contributed by atoms with Crippen LogP contribution in [-0.2, 0) is 4.74 Å². The van der Waals surface area contributed by atoms with E-state index in [-0.39, 0.29) is 5.78 Å². The van der Waals surface area contributed by atoms with Gasteiger partial charge in [-0.1, -0.05) is 43.7 Å². The van der Waals surface area contributed by atoms with Gasteiger partial charge < -0.3 is 4.74 Å². The zero-order chi connectivity index (χ0) is 16.8. The number of ether oxygens (including phenoxy) is 1. The highest BCUT2D eigenvalue weighted by molar-refractivity contribution is 6.01. The lowest BCUT2D eigenvalue weighted by atomic mass is 10.0. The molecule has 22 heavy (non-hydrogen) atoms. The molecule has 0 aliphatic heterocycles. The number of unbranched alkanes of at least 4 members (excludes halogenated alkanes) is 1. The highest BCUT2D eigenvalue weighted by Gasteiger charge is 2.29. The third-order valence-corrected chi connectivity index (χ3v) is 3.29. The molecule has 0 saturated carbocycles. The summed E-state index contributed by atoms with van der Waals surface area (Å²) >= 11 is 0. The molecule has 4 nitrogen and oxygen atoms in total. The summed E-state index contributed by atoms with van der Waals surface area (Å²) in [5.41, 5.74) is 0.0388. The van der Waals surface area contributed by atoms with E-state index in [1.165, 1.54) is 4.90 Å². The number of carbonyl (C=O) groups is 2. The number of hydrogen-bond donors (Lipinski definition) is 0. The van der Waals surface area contributed by atoms with Crippen LogP contribution in [0.3, 0.4) is 0 Å². The van der Waals surface area contributed by atoms with Crippen LogP contribution in [0.5, 0.6) is 0 Å².